The molecule has 0 unspecified atom stereocenters. The summed E-state index contributed by atoms with van der Waals surface area (Å²) in [6.07, 6.45) is 6.69. The zero-order valence-corrected chi connectivity index (χ0v) is 19.6. The topological polar surface area (TPSA) is 72.0 Å². The standard InChI is InChI=1S/C25H33N3O4/c1-25(2,3)32-24(30)18-28(16-15-27(4)5)23(29)13-10-20-8-11-22(12-9-20)31-19-21-7-6-14-26-17-21/h6-14,17H,15-16,18-19H2,1-5H3/b13-10+. The Balaban J connectivity index is 1.96. The Morgan fingerprint density at radius 2 is 1.78 bits per heavy atom. The molecular formula is C25H33N3O4. The number of ether oxygens (including phenoxy) is 2. The molecule has 0 fully saturated rings. The number of pyridine rings is 1. The first kappa shape index (κ1) is 25.1. The predicted molar refractivity (Wildman–Crippen MR) is 125 cm³/mol. The number of hydrogen-bond donors (Lipinski definition) is 0. The van der Waals surface area contributed by atoms with Crippen LogP contribution in [0.4, 0.5) is 0 Å². The fraction of sp³-hybridized carbons (Fsp3) is 0.400. The number of nitrogens with zero attached hydrogens (tertiary/aromatic N) is 3. The average Bonchev–Trinajstić information content (AvgIpc) is 2.73. The number of aromatic nitrogens is 1. The van der Waals surface area contributed by atoms with Gasteiger partial charge in [0, 0.05) is 37.1 Å². The Hall–Kier alpha value is -3.19. The fourth-order valence-electron chi connectivity index (χ4n) is 2.72. The molecule has 1 aromatic carbocycles. The molecule has 0 radical (unpaired) electrons. The number of benzene rings is 1. The first-order chi connectivity index (χ1) is 15.1. The SMILES string of the molecule is CN(C)CCN(CC(=O)OC(C)(C)C)C(=O)/C=C/c1ccc(OCc2cccnc2)cc1. The number of likely N-dealkylation sites (N-methyl/N-ethyl adjacent to an activating group) is 1. The van der Waals surface area contributed by atoms with Gasteiger partial charge < -0.3 is 19.3 Å². The van der Waals surface area contributed by atoms with Crippen molar-refractivity contribution in [1.29, 1.82) is 0 Å². The van der Waals surface area contributed by atoms with Gasteiger partial charge in [-0.1, -0.05) is 18.2 Å². The third-order valence-electron chi connectivity index (χ3n) is 4.30. The predicted octanol–water partition coefficient (Wildman–Crippen LogP) is 3.41. The van der Waals surface area contributed by atoms with Crippen LogP contribution in [0.3, 0.4) is 0 Å². The summed E-state index contributed by atoms with van der Waals surface area (Å²) < 4.78 is 11.1. The summed E-state index contributed by atoms with van der Waals surface area (Å²) in [5.41, 5.74) is 1.26. The maximum absolute atomic E-state index is 12.7. The van der Waals surface area contributed by atoms with Crippen LogP contribution < -0.4 is 4.74 Å². The highest BCUT2D eigenvalue weighted by Gasteiger charge is 2.21. The zero-order chi connectivity index (χ0) is 23.6. The maximum atomic E-state index is 12.7. The largest absolute Gasteiger partial charge is 0.489 e. The molecule has 32 heavy (non-hydrogen) atoms. The lowest BCUT2D eigenvalue weighted by Gasteiger charge is -2.25. The van der Waals surface area contributed by atoms with Gasteiger partial charge in [0.15, 0.2) is 0 Å². The minimum Gasteiger partial charge on any atom is -0.489 e. The van der Waals surface area contributed by atoms with Gasteiger partial charge in [-0.3, -0.25) is 14.6 Å². The summed E-state index contributed by atoms with van der Waals surface area (Å²) in [5.74, 6) is 0.0672. The van der Waals surface area contributed by atoms with Crippen LogP contribution >= 0.6 is 0 Å². The number of carbonyl (C=O) groups is 2. The van der Waals surface area contributed by atoms with E-state index in [2.05, 4.69) is 4.98 Å². The molecule has 0 aliphatic carbocycles. The summed E-state index contributed by atoms with van der Waals surface area (Å²) in [4.78, 5) is 32.5. The molecule has 2 rings (SSSR count). The van der Waals surface area contributed by atoms with Crippen molar-refractivity contribution in [1.82, 2.24) is 14.8 Å². The molecule has 0 spiro atoms. The minimum atomic E-state index is -0.593. The molecule has 7 heteroatoms. The molecule has 1 amide bonds. The van der Waals surface area contributed by atoms with Crippen LogP contribution in [0.25, 0.3) is 6.08 Å². The molecule has 0 saturated carbocycles. The van der Waals surface area contributed by atoms with Crippen molar-refractivity contribution in [3.05, 3.63) is 66.0 Å². The maximum Gasteiger partial charge on any atom is 0.326 e. The monoisotopic (exact) mass is 439 g/mol. The molecule has 0 N–H and O–H groups in total. The molecule has 0 aliphatic rings. The first-order valence-corrected chi connectivity index (χ1v) is 10.6. The van der Waals surface area contributed by atoms with Gasteiger partial charge in [0.05, 0.1) is 0 Å². The summed E-state index contributed by atoms with van der Waals surface area (Å²) in [6, 6.07) is 11.3. The van der Waals surface area contributed by atoms with E-state index < -0.39 is 11.6 Å². The van der Waals surface area contributed by atoms with Crippen LogP contribution in [0.5, 0.6) is 5.75 Å². The number of carbonyl (C=O) groups excluding carboxylic acids is 2. The van der Waals surface area contributed by atoms with Crippen molar-refractivity contribution < 1.29 is 19.1 Å². The molecular weight excluding hydrogens is 406 g/mol. The lowest BCUT2D eigenvalue weighted by Crippen LogP contribution is -2.41. The lowest BCUT2D eigenvalue weighted by molar-refractivity contribution is -0.158. The van der Waals surface area contributed by atoms with Crippen molar-refractivity contribution >= 4 is 18.0 Å². The summed E-state index contributed by atoms with van der Waals surface area (Å²) in [5, 5.41) is 0. The second-order valence-electron chi connectivity index (χ2n) is 8.70. The average molecular weight is 440 g/mol. The van der Waals surface area contributed by atoms with Crippen LogP contribution in [0, 0.1) is 0 Å². The fourth-order valence-corrected chi connectivity index (χ4v) is 2.72. The van der Waals surface area contributed by atoms with E-state index in [1.165, 1.54) is 11.0 Å². The van der Waals surface area contributed by atoms with E-state index in [9.17, 15) is 9.59 Å². The molecule has 2 aromatic rings. The molecule has 1 heterocycles. The van der Waals surface area contributed by atoms with Crippen LogP contribution in [-0.4, -0.2) is 66.0 Å². The van der Waals surface area contributed by atoms with Crippen molar-refractivity contribution in [3.63, 3.8) is 0 Å². The van der Waals surface area contributed by atoms with Crippen LogP contribution in [0.1, 0.15) is 31.9 Å². The summed E-state index contributed by atoms with van der Waals surface area (Å²) >= 11 is 0. The van der Waals surface area contributed by atoms with E-state index in [0.29, 0.717) is 19.7 Å². The zero-order valence-electron chi connectivity index (χ0n) is 19.6. The molecule has 1 aromatic heterocycles. The van der Waals surface area contributed by atoms with Gasteiger partial charge in [-0.2, -0.15) is 0 Å². The highest BCUT2D eigenvalue weighted by molar-refractivity contribution is 5.93. The Morgan fingerprint density at radius 1 is 1.06 bits per heavy atom. The minimum absolute atomic E-state index is 0.0879. The molecule has 0 bridgehead atoms. The summed E-state index contributed by atoms with van der Waals surface area (Å²) in [7, 11) is 3.84. The molecule has 0 atom stereocenters. The van der Waals surface area contributed by atoms with Gasteiger partial charge in [-0.15, -0.1) is 0 Å². The quantitative estimate of drug-likeness (QED) is 0.417. The molecule has 0 aliphatic heterocycles. The lowest BCUT2D eigenvalue weighted by atomic mass is 10.2. The highest BCUT2D eigenvalue weighted by atomic mass is 16.6. The van der Waals surface area contributed by atoms with Crippen molar-refractivity contribution in [2.45, 2.75) is 33.0 Å². The van der Waals surface area contributed by atoms with Gasteiger partial charge in [0.2, 0.25) is 5.91 Å². The van der Waals surface area contributed by atoms with E-state index in [-0.39, 0.29) is 12.5 Å². The Morgan fingerprint density at radius 3 is 2.38 bits per heavy atom. The van der Waals surface area contributed by atoms with E-state index >= 15 is 0 Å². The third-order valence-corrected chi connectivity index (χ3v) is 4.30. The number of amides is 1. The molecule has 172 valence electrons. The van der Waals surface area contributed by atoms with Gasteiger partial charge in [-0.05, 0) is 64.7 Å². The van der Waals surface area contributed by atoms with Crippen LogP contribution in [0.15, 0.2) is 54.9 Å². The summed E-state index contributed by atoms with van der Waals surface area (Å²) in [6.45, 7) is 6.84. The van der Waals surface area contributed by atoms with Crippen LogP contribution in [0.2, 0.25) is 0 Å². The third kappa shape index (κ3) is 9.75. The molecule has 7 nitrogen and oxygen atoms in total. The Bertz CT molecular complexity index is 888. The Kier molecular flexibility index (Phi) is 9.40. The van der Waals surface area contributed by atoms with E-state index in [4.69, 9.17) is 9.47 Å². The van der Waals surface area contributed by atoms with Crippen LogP contribution in [-0.2, 0) is 20.9 Å². The van der Waals surface area contributed by atoms with Crippen molar-refractivity contribution in [2.24, 2.45) is 0 Å². The van der Waals surface area contributed by atoms with E-state index in [1.807, 2.05) is 55.4 Å². The van der Waals surface area contributed by atoms with Gasteiger partial charge in [-0.25, -0.2) is 0 Å². The highest BCUT2D eigenvalue weighted by Crippen LogP contribution is 2.15. The smallest absolute Gasteiger partial charge is 0.326 e. The second-order valence-corrected chi connectivity index (χ2v) is 8.70. The van der Waals surface area contributed by atoms with E-state index in [0.717, 1.165) is 16.9 Å². The van der Waals surface area contributed by atoms with Crippen molar-refractivity contribution in [3.8, 4) is 5.75 Å². The Labute approximate surface area is 190 Å². The number of esters is 1. The molecule has 0 saturated heterocycles. The van der Waals surface area contributed by atoms with Gasteiger partial charge in [0.1, 0.15) is 24.5 Å². The number of rotatable bonds is 10. The van der Waals surface area contributed by atoms with Gasteiger partial charge >= 0.3 is 5.97 Å². The van der Waals surface area contributed by atoms with E-state index in [1.54, 1.807) is 39.2 Å². The normalized spacial score (nSPS) is 11.6. The number of hydrogen-bond acceptors (Lipinski definition) is 6. The van der Waals surface area contributed by atoms with Crippen molar-refractivity contribution in [2.75, 3.05) is 33.7 Å². The second kappa shape index (κ2) is 12.0. The first-order valence-electron chi connectivity index (χ1n) is 10.6. The van der Waals surface area contributed by atoms with Gasteiger partial charge in [0.25, 0.3) is 0 Å².